The Morgan fingerprint density at radius 2 is 1.79 bits per heavy atom. The van der Waals surface area contributed by atoms with Gasteiger partial charge in [-0.05, 0) is 39.8 Å². The minimum Gasteiger partial charge on any atom is -0.400 e. The summed E-state index contributed by atoms with van der Waals surface area (Å²) in [6.07, 6.45) is 1.83. The zero-order valence-electron chi connectivity index (χ0n) is 11.6. The highest BCUT2D eigenvalue weighted by Gasteiger charge is 2.49. The first-order chi connectivity index (χ1) is 8.71. The first-order valence-corrected chi connectivity index (χ1v) is 6.55. The molecule has 0 aromatic carbocycles. The van der Waals surface area contributed by atoms with Crippen LogP contribution < -0.4 is 5.73 Å². The lowest BCUT2D eigenvalue weighted by Gasteiger charge is -2.32. The fourth-order valence-electron chi connectivity index (χ4n) is 1.75. The molecule has 1 fully saturated rings. The standard InChI is InChI=1S/C13H18BClN2O2/c1-12(2)13(3,4)19-14(18-12)8-7-9-5-6-10(15)17-11(9)16/h5-8H,1-4H3,(H2,16,17)/b8-7+. The van der Waals surface area contributed by atoms with Crippen LogP contribution in [0, 0.1) is 0 Å². The third kappa shape index (κ3) is 2.94. The third-order valence-corrected chi connectivity index (χ3v) is 3.84. The van der Waals surface area contributed by atoms with Crippen molar-refractivity contribution in [2.24, 2.45) is 0 Å². The number of hydrogen-bond acceptors (Lipinski definition) is 4. The van der Waals surface area contributed by atoms with E-state index in [0.29, 0.717) is 11.0 Å². The van der Waals surface area contributed by atoms with E-state index in [1.165, 1.54) is 0 Å². The summed E-state index contributed by atoms with van der Waals surface area (Å²) in [5.74, 6) is 2.22. The fourth-order valence-corrected chi connectivity index (χ4v) is 1.91. The molecular weight excluding hydrogens is 262 g/mol. The summed E-state index contributed by atoms with van der Waals surface area (Å²) in [5, 5.41) is 0.380. The molecule has 0 spiro atoms. The van der Waals surface area contributed by atoms with E-state index in [4.69, 9.17) is 26.6 Å². The highest BCUT2D eigenvalue weighted by molar-refractivity contribution is 6.52. The van der Waals surface area contributed by atoms with E-state index in [1.807, 2.05) is 45.8 Å². The molecule has 1 aliphatic rings. The van der Waals surface area contributed by atoms with Crippen molar-refractivity contribution in [1.29, 1.82) is 0 Å². The molecule has 1 aromatic heterocycles. The van der Waals surface area contributed by atoms with Crippen molar-refractivity contribution in [3.05, 3.63) is 28.8 Å². The van der Waals surface area contributed by atoms with Gasteiger partial charge in [-0.25, -0.2) is 4.98 Å². The molecule has 2 rings (SSSR count). The summed E-state index contributed by atoms with van der Waals surface area (Å²) in [7, 11) is -0.389. The van der Waals surface area contributed by atoms with Crippen LogP contribution in [0.2, 0.25) is 5.15 Å². The molecule has 0 amide bonds. The number of pyridine rings is 1. The zero-order chi connectivity index (χ0) is 14.3. The average molecular weight is 281 g/mol. The Morgan fingerprint density at radius 3 is 2.32 bits per heavy atom. The smallest absolute Gasteiger partial charge is 0.400 e. The van der Waals surface area contributed by atoms with Gasteiger partial charge in [-0.3, -0.25) is 0 Å². The van der Waals surface area contributed by atoms with Crippen molar-refractivity contribution < 1.29 is 9.31 Å². The van der Waals surface area contributed by atoms with Gasteiger partial charge in [0.25, 0.3) is 0 Å². The van der Waals surface area contributed by atoms with Gasteiger partial charge >= 0.3 is 7.12 Å². The summed E-state index contributed by atoms with van der Waals surface area (Å²) in [6, 6.07) is 3.51. The molecule has 6 heteroatoms. The largest absolute Gasteiger partial charge is 0.487 e. The Balaban J connectivity index is 2.13. The second-order valence-corrected chi connectivity index (χ2v) is 5.98. The number of nitrogens with zero attached hydrogens (tertiary/aromatic N) is 1. The Morgan fingerprint density at radius 1 is 1.21 bits per heavy atom. The molecule has 0 saturated carbocycles. The maximum atomic E-state index is 5.85. The molecule has 4 nitrogen and oxygen atoms in total. The number of nitrogen functional groups attached to an aromatic ring is 1. The lowest BCUT2D eigenvalue weighted by atomic mass is 9.89. The van der Waals surface area contributed by atoms with Crippen molar-refractivity contribution >= 4 is 30.6 Å². The van der Waals surface area contributed by atoms with Crippen LogP contribution in [0.1, 0.15) is 33.3 Å². The third-order valence-electron chi connectivity index (χ3n) is 3.63. The molecule has 0 radical (unpaired) electrons. The summed E-state index contributed by atoms with van der Waals surface area (Å²) >= 11 is 5.75. The van der Waals surface area contributed by atoms with Gasteiger partial charge in [0.05, 0.1) is 11.2 Å². The number of nitrogens with two attached hydrogens (primary N) is 1. The van der Waals surface area contributed by atoms with Gasteiger partial charge in [0.1, 0.15) is 11.0 Å². The van der Waals surface area contributed by atoms with Crippen LogP contribution in [-0.2, 0) is 9.31 Å². The number of hydrogen-bond donors (Lipinski definition) is 1. The number of aromatic nitrogens is 1. The van der Waals surface area contributed by atoms with Crippen LogP contribution in [0.3, 0.4) is 0 Å². The van der Waals surface area contributed by atoms with Gasteiger partial charge < -0.3 is 15.0 Å². The minimum atomic E-state index is -0.389. The minimum absolute atomic E-state index is 0.341. The summed E-state index contributed by atoms with van der Waals surface area (Å²) in [6.45, 7) is 8.05. The molecule has 19 heavy (non-hydrogen) atoms. The first-order valence-electron chi connectivity index (χ1n) is 6.17. The Bertz CT molecular complexity index is 501. The SMILES string of the molecule is CC1(C)OB(/C=C/c2ccc(Cl)nc2N)OC1(C)C. The van der Waals surface area contributed by atoms with Gasteiger partial charge in [-0.2, -0.15) is 0 Å². The lowest BCUT2D eigenvalue weighted by molar-refractivity contribution is 0.00578. The van der Waals surface area contributed by atoms with Crippen molar-refractivity contribution in [3.63, 3.8) is 0 Å². The quantitative estimate of drug-likeness (QED) is 0.668. The van der Waals surface area contributed by atoms with E-state index in [-0.39, 0.29) is 18.3 Å². The molecule has 0 unspecified atom stereocenters. The molecule has 1 saturated heterocycles. The van der Waals surface area contributed by atoms with Crippen molar-refractivity contribution in [2.75, 3.05) is 5.73 Å². The summed E-state index contributed by atoms with van der Waals surface area (Å²) in [4.78, 5) is 3.99. The predicted octanol–water partition coefficient (Wildman–Crippen LogP) is 2.96. The van der Waals surface area contributed by atoms with Gasteiger partial charge in [0.15, 0.2) is 0 Å². The van der Waals surface area contributed by atoms with Crippen LogP contribution in [0.15, 0.2) is 18.1 Å². The van der Waals surface area contributed by atoms with Crippen LogP contribution in [0.5, 0.6) is 0 Å². The van der Waals surface area contributed by atoms with E-state index < -0.39 is 0 Å². The average Bonchev–Trinajstić information content (AvgIpc) is 2.46. The number of halogens is 1. The van der Waals surface area contributed by atoms with E-state index in [2.05, 4.69) is 4.98 Å². The van der Waals surface area contributed by atoms with E-state index in [0.717, 1.165) is 5.56 Å². The summed E-state index contributed by atoms with van der Waals surface area (Å²) in [5.41, 5.74) is 5.89. The van der Waals surface area contributed by atoms with Crippen molar-refractivity contribution in [1.82, 2.24) is 4.98 Å². The fraction of sp³-hybridized carbons (Fsp3) is 0.462. The molecular formula is C13H18BClN2O2. The topological polar surface area (TPSA) is 57.4 Å². The second kappa shape index (κ2) is 4.82. The molecule has 102 valence electrons. The molecule has 0 aliphatic carbocycles. The summed E-state index contributed by atoms with van der Waals surface area (Å²) < 4.78 is 11.7. The van der Waals surface area contributed by atoms with Crippen LogP contribution in [-0.4, -0.2) is 23.3 Å². The Labute approximate surface area is 119 Å². The van der Waals surface area contributed by atoms with Crippen LogP contribution >= 0.6 is 11.6 Å². The van der Waals surface area contributed by atoms with Gasteiger partial charge in [0, 0.05) is 5.56 Å². The van der Waals surface area contributed by atoms with Crippen molar-refractivity contribution in [3.8, 4) is 0 Å². The van der Waals surface area contributed by atoms with E-state index in [9.17, 15) is 0 Å². The molecule has 1 aliphatic heterocycles. The molecule has 0 atom stereocenters. The molecule has 2 heterocycles. The Kier molecular flexibility index (Phi) is 3.64. The number of anilines is 1. The monoisotopic (exact) mass is 280 g/mol. The maximum absolute atomic E-state index is 5.85. The predicted molar refractivity (Wildman–Crippen MR) is 78.8 cm³/mol. The molecule has 2 N–H and O–H groups in total. The van der Waals surface area contributed by atoms with Crippen LogP contribution in [0.4, 0.5) is 5.82 Å². The molecule has 1 aromatic rings. The maximum Gasteiger partial charge on any atom is 0.487 e. The Hall–Kier alpha value is -1.04. The van der Waals surface area contributed by atoms with Gasteiger partial charge in [-0.15, -0.1) is 0 Å². The lowest BCUT2D eigenvalue weighted by Crippen LogP contribution is -2.41. The van der Waals surface area contributed by atoms with E-state index in [1.54, 1.807) is 6.07 Å². The normalized spacial score (nSPS) is 21.2. The highest BCUT2D eigenvalue weighted by Crippen LogP contribution is 2.37. The van der Waals surface area contributed by atoms with Crippen LogP contribution in [0.25, 0.3) is 6.08 Å². The highest BCUT2D eigenvalue weighted by atomic mass is 35.5. The first kappa shape index (κ1) is 14.4. The van der Waals surface area contributed by atoms with Gasteiger partial charge in [-0.1, -0.05) is 23.7 Å². The second-order valence-electron chi connectivity index (χ2n) is 5.59. The van der Waals surface area contributed by atoms with Gasteiger partial charge in [0.2, 0.25) is 0 Å². The molecule has 0 bridgehead atoms. The zero-order valence-corrected chi connectivity index (χ0v) is 12.4. The number of rotatable bonds is 2. The van der Waals surface area contributed by atoms with E-state index >= 15 is 0 Å². The van der Waals surface area contributed by atoms with Crippen molar-refractivity contribution in [2.45, 2.75) is 38.9 Å².